The fourth-order valence-corrected chi connectivity index (χ4v) is 0.771. The quantitative estimate of drug-likeness (QED) is 0.695. The Morgan fingerprint density at radius 1 is 1.58 bits per heavy atom. The van der Waals surface area contributed by atoms with Crippen molar-refractivity contribution in [1.82, 2.24) is 0 Å². The molecule has 1 aromatic rings. The zero-order valence-corrected chi connectivity index (χ0v) is 7.32. The van der Waals surface area contributed by atoms with E-state index in [0.717, 1.165) is 0 Å². The molecule has 0 aliphatic rings. The molecular formula is C9H13NO2. The van der Waals surface area contributed by atoms with E-state index in [4.69, 9.17) is 9.52 Å². The van der Waals surface area contributed by atoms with E-state index in [1.165, 1.54) is 0 Å². The highest BCUT2D eigenvalue weighted by molar-refractivity contribution is 5.75. The lowest BCUT2D eigenvalue weighted by atomic mass is 10.4. The lowest BCUT2D eigenvalue weighted by Crippen LogP contribution is -1.88. The number of aliphatic hydroxyl groups is 1. The van der Waals surface area contributed by atoms with Gasteiger partial charge in [0.05, 0.1) is 6.21 Å². The Bertz CT molecular complexity index is 263. The summed E-state index contributed by atoms with van der Waals surface area (Å²) in [4.78, 5) is 4.14. The summed E-state index contributed by atoms with van der Waals surface area (Å²) in [6, 6.07) is 3.80. The molecule has 0 saturated carbocycles. The highest BCUT2D eigenvalue weighted by atomic mass is 16.4. The average Bonchev–Trinajstić information content (AvgIpc) is 2.48. The molecule has 0 aliphatic carbocycles. The number of aliphatic hydroxyl groups excluding tert-OH is 1. The molecule has 0 aromatic carbocycles. The Kier molecular flexibility index (Phi) is 3.05. The Morgan fingerprint density at radius 2 is 2.33 bits per heavy atom. The van der Waals surface area contributed by atoms with Gasteiger partial charge in [-0.15, -0.1) is 0 Å². The number of aliphatic imine (C=N–C) groups is 1. The van der Waals surface area contributed by atoms with Crippen molar-refractivity contribution in [3.05, 3.63) is 23.7 Å². The third-order valence-electron chi connectivity index (χ3n) is 1.34. The van der Waals surface area contributed by atoms with Crippen LogP contribution in [0.2, 0.25) is 0 Å². The molecular weight excluding hydrogens is 154 g/mol. The van der Waals surface area contributed by atoms with Crippen molar-refractivity contribution in [2.45, 2.75) is 26.5 Å². The Balaban J connectivity index is 2.63. The maximum Gasteiger partial charge on any atom is 0.144 e. The summed E-state index contributed by atoms with van der Waals surface area (Å²) < 4.78 is 5.18. The summed E-state index contributed by atoms with van der Waals surface area (Å²) in [6.07, 6.45) is 1.67. The van der Waals surface area contributed by atoms with Gasteiger partial charge in [0.15, 0.2) is 0 Å². The van der Waals surface area contributed by atoms with Crippen LogP contribution in [-0.4, -0.2) is 17.4 Å². The molecule has 3 heteroatoms. The van der Waals surface area contributed by atoms with Crippen LogP contribution in [0.3, 0.4) is 0 Å². The number of furan rings is 1. The van der Waals surface area contributed by atoms with E-state index in [1.807, 2.05) is 13.8 Å². The second kappa shape index (κ2) is 4.07. The van der Waals surface area contributed by atoms with Crippen molar-refractivity contribution >= 4 is 6.21 Å². The maximum absolute atomic E-state index is 8.69. The van der Waals surface area contributed by atoms with Gasteiger partial charge in [-0.25, -0.2) is 0 Å². The molecule has 1 N–H and O–H groups in total. The van der Waals surface area contributed by atoms with Gasteiger partial charge in [-0.2, -0.15) is 0 Å². The van der Waals surface area contributed by atoms with Crippen LogP contribution in [0.15, 0.2) is 21.5 Å². The number of rotatable bonds is 3. The van der Waals surface area contributed by atoms with Crippen molar-refractivity contribution in [1.29, 1.82) is 0 Å². The minimum atomic E-state index is -0.0600. The van der Waals surface area contributed by atoms with Crippen molar-refractivity contribution < 1.29 is 9.52 Å². The fraction of sp³-hybridized carbons (Fsp3) is 0.444. The standard InChI is InChI=1S/C9H13NO2/c1-7(2)10-5-8-3-4-9(6-11)12-8/h3-5,7,11H,6H2,1-2H3. The normalized spacial score (nSPS) is 11.7. The van der Waals surface area contributed by atoms with Crippen molar-refractivity contribution in [2.24, 2.45) is 4.99 Å². The molecule has 66 valence electrons. The number of hydrogen-bond acceptors (Lipinski definition) is 3. The molecule has 0 fully saturated rings. The summed E-state index contributed by atoms with van der Waals surface area (Å²) in [5.74, 6) is 1.26. The average molecular weight is 167 g/mol. The smallest absolute Gasteiger partial charge is 0.144 e. The largest absolute Gasteiger partial charge is 0.458 e. The topological polar surface area (TPSA) is 45.7 Å². The predicted molar refractivity (Wildman–Crippen MR) is 47.4 cm³/mol. The molecule has 0 spiro atoms. The van der Waals surface area contributed by atoms with Crippen LogP contribution in [0.25, 0.3) is 0 Å². The van der Waals surface area contributed by atoms with Crippen molar-refractivity contribution in [3.63, 3.8) is 0 Å². The third-order valence-corrected chi connectivity index (χ3v) is 1.34. The molecule has 0 amide bonds. The summed E-state index contributed by atoms with van der Waals surface area (Å²) in [5.41, 5.74) is 0. The molecule has 0 atom stereocenters. The molecule has 3 nitrogen and oxygen atoms in total. The zero-order chi connectivity index (χ0) is 8.97. The Morgan fingerprint density at radius 3 is 2.83 bits per heavy atom. The van der Waals surface area contributed by atoms with Crippen LogP contribution < -0.4 is 0 Å². The first-order chi connectivity index (χ1) is 5.72. The molecule has 0 bridgehead atoms. The lowest BCUT2D eigenvalue weighted by Gasteiger charge is -1.92. The van der Waals surface area contributed by atoms with Crippen LogP contribution in [0, 0.1) is 0 Å². The van der Waals surface area contributed by atoms with E-state index in [2.05, 4.69) is 4.99 Å². The molecule has 1 rings (SSSR count). The van der Waals surface area contributed by atoms with Crippen LogP contribution in [0.1, 0.15) is 25.4 Å². The van der Waals surface area contributed by atoms with Gasteiger partial charge in [-0.05, 0) is 26.0 Å². The fourth-order valence-electron chi connectivity index (χ4n) is 0.771. The van der Waals surface area contributed by atoms with E-state index in [0.29, 0.717) is 11.5 Å². The summed E-state index contributed by atoms with van der Waals surface area (Å²) in [5, 5.41) is 8.69. The van der Waals surface area contributed by atoms with Crippen molar-refractivity contribution in [3.8, 4) is 0 Å². The SMILES string of the molecule is CC(C)N=Cc1ccc(CO)o1. The van der Waals surface area contributed by atoms with Crippen LogP contribution in [0.4, 0.5) is 0 Å². The van der Waals surface area contributed by atoms with Gasteiger partial charge in [0.1, 0.15) is 18.1 Å². The Hall–Kier alpha value is -1.09. The summed E-state index contributed by atoms with van der Waals surface area (Å²) in [7, 11) is 0. The minimum Gasteiger partial charge on any atom is -0.458 e. The van der Waals surface area contributed by atoms with Gasteiger partial charge < -0.3 is 9.52 Å². The molecule has 0 aliphatic heterocycles. The molecule has 0 radical (unpaired) electrons. The predicted octanol–water partition coefficient (Wildman–Crippen LogP) is 1.60. The Labute approximate surface area is 71.7 Å². The zero-order valence-electron chi connectivity index (χ0n) is 7.32. The summed E-state index contributed by atoms with van der Waals surface area (Å²) in [6.45, 7) is 3.92. The van der Waals surface area contributed by atoms with Gasteiger partial charge in [-0.3, -0.25) is 4.99 Å². The summed E-state index contributed by atoms with van der Waals surface area (Å²) >= 11 is 0. The second-order valence-electron chi connectivity index (χ2n) is 2.83. The molecule has 1 heterocycles. The van der Waals surface area contributed by atoms with Crippen LogP contribution >= 0.6 is 0 Å². The van der Waals surface area contributed by atoms with Crippen LogP contribution in [-0.2, 0) is 6.61 Å². The van der Waals surface area contributed by atoms with Gasteiger partial charge >= 0.3 is 0 Å². The molecule has 0 unspecified atom stereocenters. The van der Waals surface area contributed by atoms with E-state index in [1.54, 1.807) is 18.3 Å². The van der Waals surface area contributed by atoms with E-state index in [-0.39, 0.29) is 12.6 Å². The van der Waals surface area contributed by atoms with Gasteiger partial charge in [0, 0.05) is 6.04 Å². The van der Waals surface area contributed by atoms with E-state index >= 15 is 0 Å². The lowest BCUT2D eigenvalue weighted by molar-refractivity contribution is 0.247. The number of hydrogen-bond donors (Lipinski definition) is 1. The first-order valence-corrected chi connectivity index (χ1v) is 3.95. The second-order valence-corrected chi connectivity index (χ2v) is 2.83. The third kappa shape index (κ3) is 2.51. The maximum atomic E-state index is 8.69. The van der Waals surface area contributed by atoms with E-state index in [9.17, 15) is 0 Å². The minimum absolute atomic E-state index is 0.0600. The molecule has 0 saturated heterocycles. The molecule has 1 aromatic heterocycles. The monoisotopic (exact) mass is 167 g/mol. The molecule has 12 heavy (non-hydrogen) atoms. The van der Waals surface area contributed by atoms with Gasteiger partial charge in [0.2, 0.25) is 0 Å². The van der Waals surface area contributed by atoms with Crippen molar-refractivity contribution in [2.75, 3.05) is 0 Å². The van der Waals surface area contributed by atoms with E-state index < -0.39 is 0 Å². The van der Waals surface area contributed by atoms with Gasteiger partial charge in [-0.1, -0.05) is 0 Å². The number of nitrogens with zero attached hydrogens (tertiary/aromatic N) is 1. The highest BCUT2D eigenvalue weighted by Crippen LogP contribution is 2.05. The van der Waals surface area contributed by atoms with Crippen LogP contribution in [0.5, 0.6) is 0 Å². The first-order valence-electron chi connectivity index (χ1n) is 3.95. The highest BCUT2D eigenvalue weighted by Gasteiger charge is 1.96. The van der Waals surface area contributed by atoms with Gasteiger partial charge in [0.25, 0.3) is 0 Å². The first kappa shape index (κ1) is 9.00.